The number of hydrogen-bond acceptors (Lipinski definition) is 2. The van der Waals surface area contributed by atoms with Gasteiger partial charge in [-0.2, -0.15) is 0 Å². The minimum absolute atomic E-state index is 0.0376. The first kappa shape index (κ1) is 8.59. The van der Waals surface area contributed by atoms with E-state index < -0.39 is 0 Å². The molecule has 0 saturated carbocycles. The van der Waals surface area contributed by atoms with Crippen molar-refractivity contribution in [2.75, 3.05) is 0 Å². The average Bonchev–Trinajstić information content (AvgIpc) is 2.00. The molecule has 12 heavy (non-hydrogen) atoms. The van der Waals surface area contributed by atoms with Crippen LogP contribution in [-0.4, -0.2) is 10.9 Å². The number of benzene rings is 1. The molecule has 0 aromatic heterocycles. The van der Waals surface area contributed by atoms with E-state index in [-0.39, 0.29) is 11.6 Å². The molecule has 1 aromatic rings. The number of amidine groups is 1. The summed E-state index contributed by atoms with van der Waals surface area (Å²) in [5.41, 5.74) is 7.66. The monoisotopic (exact) mass is 164 g/mol. The number of aromatic hydroxyl groups is 1. The van der Waals surface area contributed by atoms with Crippen LogP contribution in [0.5, 0.6) is 5.75 Å². The molecule has 0 fully saturated rings. The van der Waals surface area contributed by atoms with Crippen molar-refractivity contribution in [2.45, 2.75) is 13.8 Å². The Morgan fingerprint density at radius 1 is 1.33 bits per heavy atom. The standard InChI is InChI=1S/C9H12N2O/c1-5-6(2)8(12)4-3-7(5)9(10)11/h3-4,12H,1-2H3,(H3,10,11). The van der Waals surface area contributed by atoms with Crippen molar-refractivity contribution in [2.24, 2.45) is 5.73 Å². The Labute approximate surface area is 71.3 Å². The molecular formula is C9H12N2O. The fourth-order valence-corrected chi connectivity index (χ4v) is 1.10. The highest BCUT2D eigenvalue weighted by molar-refractivity contribution is 5.96. The third-order valence-corrected chi connectivity index (χ3v) is 2.05. The lowest BCUT2D eigenvalue weighted by molar-refractivity contribution is 0.470. The molecule has 0 spiro atoms. The van der Waals surface area contributed by atoms with E-state index in [9.17, 15) is 5.11 Å². The van der Waals surface area contributed by atoms with Crippen LogP contribution in [0.25, 0.3) is 0 Å². The van der Waals surface area contributed by atoms with Crippen molar-refractivity contribution in [3.05, 3.63) is 28.8 Å². The highest BCUT2D eigenvalue weighted by Crippen LogP contribution is 2.22. The summed E-state index contributed by atoms with van der Waals surface area (Å²) >= 11 is 0. The largest absolute Gasteiger partial charge is 0.508 e. The number of nitrogen functional groups attached to an aromatic ring is 1. The first-order valence-corrected chi connectivity index (χ1v) is 3.67. The van der Waals surface area contributed by atoms with Crippen LogP contribution in [-0.2, 0) is 0 Å². The Kier molecular flexibility index (Phi) is 2.04. The van der Waals surface area contributed by atoms with Crippen LogP contribution in [0, 0.1) is 19.3 Å². The summed E-state index contributed by atoms with van der Waals surface area (Å²) in [7, 11) is 0. The highest BCUT2D eigenvalue weighted by atomic mass is 16.3. The lowest BCUT2D eigenvalue weighted by Gasteiger charge is -2.07. The van der Waals surface area contributed by atoms with Crippen molar-refractivity contribution >= 4 is 5.84 Å². The number of rotatable bonds is 1. The molecular weight excluding hydrogens is 152 g/mol. The highest BCUT2D eigenvalue weighted by Gasteiger charge is 2.06. The molecule has 0 aliphatic carbocycles. The predicted molar refractivity (Wildman–Crippen MR) is 48.6 cm³/mol. The van der Waals surface area contributed by atoms with Crippen molar-refractivity contribution in [1.29, 1.82) is 5.41 Å². The van der Waals surface area contributed by atoms with E-state index in [1.807, 2.05) is 6.92 Å². The Morgan fingerprint density at radius 3 is 2.42 bits per heavy atom. The maximum atomic E-state index is 9.30. The molecule has 0 radical (unpaired) electrons. The summed E-state index contributed by atoms with van der Waals surface area (Å²) in [4.78, 5) is 0. The molecule has 0 heterocycles. The maximum Gasteiger partial charge on any atom is 0.123 e. The fourth-order valence-electron chi connectivity index (χ4n) is 1.10. The normalized spacial score (nSPS) is 9.83. The minimum Gasteiger partial charge on any atom is -0.508 e. The van der Waals surface area contributed by atoms with Crippen LogP contribution in [0.3, 0.4) is 0 Å². The Balaban J connectivity index is 3.36. The molecule has 1 aromatic carbocycles. The molecule has 3 nitrogen and oxygen atoms in total. The summed E-state index contributed by atoms with van der Waals surface area (Å²) in [6.07, 6.45) is 0. The molecule has 0 aliphatic rings. The van der Waals surface area contributed by atoms with E-state index in [1.54, 1.807) is 19.1 Å². The summed E-state index contributed by atoms with van der Waals surface area (Å²) in [6, 6.07) is 3.21. The number of nitrogens with one attached hydrogen (secondary N) is 1. The van der Waals surface area contributed by atoms with E-state index in [1.165, 1.54) is 0 Å². The molecule has 3 heteroatoms. The van der Waals surface area contributed by atoms with E-state index >= 15 is 0 Å². The number of phenols is 1. The van der Waals surface area contributed by atoms with Crippen LogP contribution in [0.4, 0.5) is 0 Å². The van der Waals surface area contributed by atoms with Gasteiger partial charge >= 0.3 is 0 Å². The van der Waals surface area contributed by atoms with Gasteiger partial charge in [0.05, 0.1) is 0 Å². The molecule has 0 bridgehead atoms. The van der Waals surface area contributed by atoms with Gasteiger partial charge in [-0.15, -0.1) is 0 Å². The van der Waals surface area contributed by atoms with Gasteiger partial charge in [0.2, 0.25) is 0 Å². The van der Waals surface area contributed by atoms with Crippen LogP contribution < -0.4 is 5.73 Å². The zero-order valence-electron chi connectivity index (χ0n) is 7.18. The SMILES string of the molecule is Cc1c(O)ccc(C(=N)N)c1C. The third-order valence-electron chi connectivity index (χ3n) is 2.05. The number of nitrogens with two attached hydrogens (primary N) is 1. The van der Waals surface area contributed by atoms with Crippen LogP contribution in [0.15, 0.2) is 12.1 Å². The Hall–Kier alpha value is -1.51. The second-order valence-corrected chi connectivity index (χ2v) is 2.80. The van der Waals surface area contributed by atoms with Crippen molar-refractivity contribution in [1.82, 2.24) is 0 Å². The number of hydrogen-bond donors (Lipinski definition) is 3. The second kappa shape index (κ2) is 2.85. The van der Waals surface area contributed by atoms with Crippen molar-refractivity contribution < 1.29 is 5.11 Å². The molecule has 0 aliphatic heterocycles. The molecule has 0 unspecified atom stereocenters. The van der Waals surface area contributed by atoms with Gasteiger partial charge in [-0.1, -0.05) is 0 Å². The van der Waals surface area contributed by atoms with Gasteiger partial charge in [-0.05, 0) is 37.1 Å². The van der Waals surface area contributed by atoms with Gasteiger partial charge in [-0.25, -0.2) is 0 Å². The third kappa shape index (κ3) is 1.25. The summed E-state index contributed by atoms with van der Waals surface area (Å²) < 4.78 is 0. The van der Waals surface area contributed by atoms with Gasteiger partial charge in [0.25, 0.3) is 0 Å². The van der Waals surface area contributed by atoms with Gasteiger partial charge in [0.15, 0.2) is 0 Å². The van der Waals surface area contributed by atoms with E-state index in [0.29, 0.717) is 5.56 Å². The van der Waals surface area contributed by atoms with Gasteiger partial charge in [0, 0.05) is 5.56 Å². The quantitative estimate of drug-likeness (QED) is 0.432. The second-order valence-electron chi connectivity index (χ2n) is 2.80. The van der Waals surface area contributed by atoms with Gasteiger partial charge in [-0.3, -0.25) is 5.41 Å². The topological polar surface area (TPSA) is 70.1 Å². The Bertz CT molecular complexity index is 332. The molecule has 64 valence electrons. The number of phenolic OH excluding ortho intramolecular Hbond substituents is 1. The maximum absolute atomic E-state index is 9.30. The van der Waals surface area contributed by atoms with Gasteiger partial charge < -0.3 is 10.8 Å². The lowest BCUT2D eigenvalue weighted by Crippen LogP contribution is -2.13. The fraction of sp³-hybridized carbons (Fsp3) is 0.222. The van der Waals surface area contributed by atoms with Gasteiger partial charge in [0.1, 0.15) is 11.6 Å². The van der Waals surface area contributed by atoms with Crippen LogP contribution in [0.1, 0.15) is 16.7 Å². The first-order valence-electron chi connectivity index (χ1n) is 3.67. The van der Waals surface area contributed by atoms with Crippen molar-refractivity contribution in [3.8, 4) is 5.75 Å². The molecule has 4 N–H and O–H groups in total. The molecule has 0 atom stereocenters. The van der Waals surface area contributed by atoms with E-state index in [0.717, 1.165) is 11.1 Å². The summed E-state index contributed by atoms with van der Waals surface area (Å²) in [5, 5.41) is 16.5. The molecule has 0 amide bonds. The zero-order valence-corrected chi connectivity index (χ0v) is 7.18. The summed E-state index contributed by atoms with van der Waals surface area (Å²) in [6.45, 7) is 3.64. The van der Waals surface area contributed by atoms with E-state index in [2.05, 4.69) is 0 Å². The minimum atomic E-state index is 0.0376. The van der Waals surface area contributed by atoms with E-state index in [4.69, 9.17) is 11.1 Å². The predicted octanol–water partition coefficient (Wildman–Crippen LogP) is 1.29. The molecule has 0 saturated heterocycles. The van der Waals surface area contributed by atoms with Crippen molar-refractivity contribution in [3.63, 3.8) is 0 Å². The Morgan fingerprint density at radius 2 is 1.92 bits per heavy atom. The zero-order chi connectivity index (χ0) is 9.30. The van der Waals surface area contributed by atoms with Crippen LogP contribution >= 0.6 is 0 Å². The first-order chi connectivity index (χ1) is 5.54. The smallest absolute Gasteiger partial charge is 0.123 e. The lowest BCUT2D eigenvalue weighted by atomic mass is 10.0. The summed E-state index contributed by atoms with van der Waals surface area (Å²) in [5.74, 6) is 0.285. The van der Waals surface area contributed by atoms with Crippen LogP contribution in [0.2, 0.25) is 0 Å². The average molecular weight is 164 g/mol. The molecule has 1 rings (SSSR count).